The fourth-order valence-corrected chi connectivity index (χ4v) is 1.60. The minimum atomic E-state index is -1.71. The Morgan fingerprint density at radius 1 is 1.10 bits per heavy atom. The highest BCUT2D eigenvalue weighted by molar-refractivity contribution is 5.92. The molecule has 0 saturated carbocycles. The molecule has 1 aromatic carbocycles. The number of carbonyl (C=O) groups is 1. The number of carbonyl (C=O) groups excluding carboxylic acids is 1. The summed E-state index contributed by atoms with van der Waals surface area (Å²) in [6.07, 6.45) is -0.447. The van der Waals surface area contributed by atoms with Crippen molar-refractivity contribution in [1.29, 1.82) is 0 Å². The van der Waals surface area contributed by atoms with Gasteiger partial charge in [0.2, 0.25) is 5.91 Å². The smallest absolute Gasteiger partial charge is 0.323 e. The summed E-state index contributed by atoms with van der Waals surface area (Å²) < 4.78 is 39.1. The first-order valence-corrected chi connectivity index (χ1v) is 5.62. The molecule has 6 nitrogen and oxygen atoms in total. The zero-order chi connectivity index (χ0) is 15.6. The van der Waals surface area contributed by atoms with Crippen LogP contribution in [0.25, 0.3) is 0 Å². The lowest BCUT2D eigenvalue weighted by molar-refractivity contribution is -0.115. The summed E-state index contributed by atoms with van der Waals surface area (Å²) in [6, 6.07) is 2.48. The predicted molar refractivity (Wildman–Crippen MR) is 66.3 cm³/mol. The van der Waals surface area contributed by atoms with Crippen molar-refractivity contribution < 1.29 is 18.0 Å². The third kappa shape index (κ3) is 3.38. The Morgan fingerprint density at radius 3 is 2.48 bits per heavy atom. The van der Waals surface area contributed by atoms with Gasteiger partial charge in [0.25, 0.3) is 5.56 Å². The van der Waals surface area contributed by atoms with Crippen molar-refractivity contribution in [2.45, 2.75) is 6.42 Å². The van der Waals surface area contributed by atoms with E-state index in [-0.39, 0.29) is 5.69 Å². The van der Waals surface area contributed by atoms with Crippen molar-refractivity contribution >= 4 is 11.6 Å². The van der Waals surface area contributed by atoms with Gasteiger partial charge in [0.15, 0.2) is 17.5 Å². The van der Waals surface area contributed by atoms with Crippen molar-refractivity contribution in [3.05, 3.63) is 62.2 Å². The molecule has 3 N–H and O–H groups in total. The number of hydrogen-bond acceptors (Lipinski definition) is 3. The van der Waals surface area contributed by atoms with Gasteiger partial charge in [0.05, 0.1) is 12.1 Å². The van der Waals surface area contributed by atoms with Crippen molar-refractivity contribution in [1.82, 2.24) is 9.97 Å². The number of rotatable bonds is 3. The SMILES string of the molecule is O=C(Cc1cc(=O)[nH]c(=O)[nH]1)Nc1ccc(F)c(F)c1F. The van der Waals surface area contributed by atoms with Gasteiger partial charge in [-0.1, -0.05) is 0 Å². The molecule has 2 aromatic rings. The lowest BCUT2D eigenvalue weighted by Gasteiger charge is -2.07. The summed E-state index contributed by atoms with van der Waals surface area (Å²) in [4.78, 5) is 37.8. The number of benzene rings is 1. The van der Waals surface area contributed by atoms with Gasteiger partial charge in [-0.2, -0.15) is 0 Å². The van der Waals surface area contributed by atoms with E-state index >= 15 is 0 Å². The Kier molecular flexibility index (Phi) is 3.92. The van der Waals surface area contributed by atoms with Crippen LogP contribution >= 0.6 is 0 Å². The number of H-pyrrole nitrogens is 2. The van der Waals surface area contributed by atoms with Crippen LogP contribution in [0.15, 0.2) is 27.8 Å². The van der Waals surface area contributed by atoms with E-state index < -0.39 is 46.7 Å². The van der Waals surface area contributed by atoms with E-state index in [4.69, 9.17) is 0 Å². The van der Waals surface area contributed by atoms with E-state index in [0.717, 1.165) is 12.1 Å². The molecular weight excluding hydrogens is 291 g/mol. The quantitative estimate of drug-likeness (QED) is 0.727. The van der Waals surface area contributed by atoms with Crippen molar-refractivity contribution in [3.63, 3.8) is 0 Å². The Bertz CT molecular complexity index is 785. The molecule has 0 aliphatic heterocycles. The first-order chi connectivity index (χ1) is 9.86. The summed E-state index contributed by atoms with van der Waals surface area (Å²) in [5.74, 6) is -5.45. The molecule has 0 saturated heterocycles. The van der Waals surface area contributed by atoms with Gasteiger partial charge < -0.3 is 10.3 Å². The molecule has 110 valence electrons. The van der Waals surface area contributed by atoms with Crippen LogP contribution in [-0.2, 0) is 11.2 Å². The van der Waals surface area contributed by atoms with Crippen LogP contribution in [0, 0.1) is 17.5 Å². The Labute approximate surface area is 114 Å². The Hall–Kier alpha value is -2.84. The molecule has 0 aliphatic carbocycles. The molecular formula is C12H8F3N3O3. The lowest BCUT2D eigenvalue weighted by atomic mass is 10.2. The minimum Gasteiger partial charge on any atom is -0.323 e. The lowest BCUT2D eigenvalue weighted by Crippen LogP contribution is -2.25. The first-order valence-electron chi connectivity index (χ1n) is 5.62. The number of amides is 1. The van der Waals surface area contributed by atoms with Crippen LogP contribution < -0.4 is 16.6 Å². The van der Waals surface area contributed by atoms with Gasteiger partial charge >= 0.3 is 5.69 Å². The number of anilines is 1. The standard InChI is InChI=1S/C12H8F3N3O3/c13-6-1-2-7(11(15)10(6)14)17-8(19)3-5-4-9(20)18-12(21)16-5/h1-2,4H,3H2,(H,17,19)(H2,16,18,20,21). The first kappa shape index (κ1) is 14.6. The third-order valence-corrected chi connectivity index (χ3v) is 2.48. The summed E-state index contributed by atoms with van der Waals surface area (Å²) >= 11 is 0. The molecule has 9 heteroatoms. The van der Waals surface area contributed by atoms with Crippen LogP contribution in [0.5, 0.6) is 0 Å². The van der Waals surface area contributed by atoms with Crippen LogP contribution in [0.4, 0.5) is 18.9 Å². The van der Waals surface area contributed by atoms with E-state index in [0.29, 0.717) is 6.07 Å². The molecule has 0 unspecified atom stereocenters. The van der Waals surface area contributed by atoms with E-state index in [1.165, 1.54) is 0 Å². The van der Waals surface area contributed by atoms with Crippen molar-refractivity contribution in [3.8, 4) is 0 Å². The second kappa shape index (κ2) is 5.65. The number of hydrogen-bond donors (Lipinski definition) is 3. The zero-order valence-corrected chi connectivity index (χ0v) is 10.3. The Morgan fingerprint density at radius 2 is 1.81 bits per heavy atom. The molecule has 2 rings (SSSR count). The largest absolute Gasteiger partial charge is 0.325 e. The maximum Gasteiger partial charge on any atom is 0.325 e. The van der Waals surface area contributed by atoms with Crippen molar-refractivity contribution in [2.75, 3.05) is 5.32 Å². The third-order valence-electron chi connectivity index (χ3n) is 2.48. The van der Waals surface area contributed by atoms with E-state index in [2.05, 4.69) is 4.98 Å². The Balaban J connectivity index is 2.17. The number of aromatic nitrogens is 2. The van der Waals surface area contributed by atoms with E-state index in [1.807, 2.05) is 10.3 Å². The summed E-state index contributed by atoms with van der Waals surface area (Å²) in [5.41, 5.74) is -2.07. The predicted octanol–water partition coefficient (Wildman–Crippen LogP) is 0.662. The van der Waals surface area contributed by atoms with E-state index in [9.17, 15) is 27.6 Å². The van der Waals surface area contributed by atoms with Crippen LogP contribution in [0.2, 0.25) is 0 Å². The molecule has 0 fully saturated rings. The fourth-order valence-electron chi connectivity index (χ4n) is 1.60. The van der Waals surface area contributed by atoms with E-state index in [1.54, 1.807) is 0 Å². The number of aromatic amines is 2. The molecule has 1 aromatic heterocycles. The van der Waals surface area contributed by atoms with Crippen LogP contribution in [0.3, 0.4) is 0 Å². The van der Waals surface area contributed by atoms with Crippen molar-refractivity contribution in [2.24, 2.45) is 0 Å². The number of halogens is 3. The average Bonchev–Trinajstić information content (AvgIpc) is 2.38. The molecule has 0 spiro atoms. The van der Waals surface area contributed by atoms with Gasteiger partial charge in [0, 0.05) is 11.8 Å². The van der Waals surface area contributed by atoms with Crippen LogP contribution in [0.1, 0.15) is 5.69 Å². The van der Waals surface area contributed by atoms with Gasteiger partial charge in [0.1, 0.15) is 0 Å². The van der Waals surface area contributed by atoms with Gasteiger partial charge in [-0.15, -0.1) is 0 Å². The maximum absolute atomic E-state index is 13.3. The molecule has 1 heterocycles. The topological polar surface area (TPSA) is 94.8 Å². The molecule has 0 radical (unpaired) electrons. The summed E-state index contributed by atoms with van der Waals surface area (Å²) in [7, 11) is 0. The molecule has 21 heavy (non-hydrogen) atoms. The average molecular weight is 299 g/mol. The summed E-state index contributed by atoms with van der Waals surface area (Å²) in [6.45, 7) is 0. The zero-order valence-electron chi connectivity index (χ0n) is 10.3. The second-order valence-corrected chi connectivity index (χ2v) is 4.06. The highest BCUT2D eigenvalue weighted by atomic mass is 19.2. The fraction of sp³-hybridized carbons (Fsp3) is 0.0833. The molecule has 0 aliphatic rings. The molecule has 0 atom stereocenters. The monoisotopic (exact) mass is 299 g/mol. The van der Waals surface area contributed by atoms with Gasteiger partial charge in [-0.25, -0.2) is 18.0 Å². The highest BCUT2D eigenvalue weighted by Crippen LogP contribution is 2.19. The second-order valence-electron chi connectivity index (χ2n) is 4.06. The summed E-state index contributed by atoms with van der Waals surface area (Å²) in [5, 5.41) is 2.01. The minimum absolute atomic E-state index is 0.00996. The number of nitrogens with one attached hydrogen (secondary N) is 3. The highest BCUT2D eigenvalue weighted by Gasteiger charge is 2.15. The molecule has 0 bridgehead atoms. The van der Waals surface area contributed by atoms with Gasteiger partial charge in [-0.3, -0.25) is 14.6 Å². The maximum atomic E-state index is 13.3. The van der Waals surface area contributed by atoms with Gasteiger partial charge in [-0.05, 0) is 12.1 Å². The normalized spacial score (nSPS) is 10.4. The van der Waals surface area contributed by atoms with Crippen LogP contribution in [-0.4, -0.2) is 15.9 Å². The molecule has 1 amide bonds.